The Labute approximate surface area is 85.4 Å². The summed E-state index contributed by atoms with van der Waals surface area (Å²) in [5.41, 5.74) is 0. The van der Waals surface area contributed by atoms with Gasteiger partial charge in [0.25, 0.3) is 0 Å². The van der Waals surface area contributed by atoms with Crippen molar-refractivity contribution in [3.63, 3.8) is 0 Å². The smallest absolute Gasteiger partial charge is 0.234 e. The second kappa shape index (κ2) is 5.98. The first kappa shape index (κ1) is 11.5. The van der Waals surface area contributed by atoms with Gasteiger partial charge in [0.2, 0.25) is 5.91 Å². The molecule has 1 aliphatic rings. The van der Waals surface area contributed by atoms with Gasteiger partial charge in [0.1, 0.15) is 0 Å². The van der Waals surface area contributed by atoms with E-state index in [9.17, 15) is 4.79 Å². The molecule has 1 unspecified atom stereocenters. The van der Waals surface area contributed by atoms with Gasteiger partial charge in [-0.3, -0.25) is 4.79 Å². The second-order valence-electron chi connectivity index (χ2n) is 3.99. The van der Waals surface area contributed by atoms with Crippen molar-refractivity contribution in [3.05, 3.63) is 0 Å². The molecule has 0 radical (unpaired) electrons. The van der Waals surface area contributed by atoms with Crippen molar-refractivity contribution in [2.75, 3.05) is 19.7 Å². The largest absolute Gasteiger partial charge is 0.377 e. The molecule has 0 aromatic carbocycles. The third kappa shape index (κ3) is 4.58. The molecule has 4 nitrogen and oxygen atoms in total. The zero-order valence-corrected chi connectivity index (χ0v) is 9.01. The Morgan fingerprint density at radius 1 is 1.57 bits per heavy atom. The highest BCUT2D eigenvalue weighted by Gasteiger charge is 2.14. The van der Waals surface area contributed by atoms with E-state index in [0.29, 0.717) is 12.6 Å². The molecule has 0 spiro atoms. The summed E-state index contributed by atoms with van der Waals surface area (Å²) in [6.07, 6.45) is 2.56. The summed E-state index contributed by atoms with van der Waals surface area (Å²) in [7, 11) is 0. The highest BCUT2D eigenvalue weighted by Crippen LogP contribution is 2.10. The quantitative estimate of drug-likeness (QED) is 0.670. The van der Waals surface area contributed by atoms with Crippen LogP contribution in [0.1, 0.15) is 26.7 Å². The number of amides is 1. The highest BCUT2D eigenvalue weighted by atomic mass is 16.5. The fourth-order valence-corrected chi connectivity index (χ4v) is 1.53. The molecule has 0 aromatic rings. The highest BCUT2D eigenvalue weighted by molar-refractivity contribution is 5.78. The lowest BCUT2D eigenvalue weighted by Gasteiger charge is -2.12. The van der Waals surface area contributed by atoms with Gasteiger partial charge in [-0.25, -0.2) is 0 Å². The first-order chi connectivity index (χ1) is 6.68. The van der Waals surface area contributed by atoms with Gasteiger partial charge < -0.3 is 15.4 Å². The zero-order chi connectivity index (χ0) is 10.4. The average Bonchev–Trinajstić information content (AvgIpc) is 2.55. The molecule has 1 rings (SSSR count). The van der Waals surface area contributed by atoms with Crippen LogP contribution in [0.5, 0.6) is 0 Å². The number of rotatable bonds is 5. The monoisotopic (exact) mass is 200 g/mol. The Kier molecular flexibility index (Phi) is 4.90. The lowest BCUT2D eigenvalue weighted by atomic mass is 10.2. The van der Waals surface area contributed by atoms with E-state index in [2.05, 4.69) is 10.6 Å². The summed E-state index contributed by atoms with van der Waals surface area (Å²) < 4.78 is 5.42. The topological polar surface area (TPSA) is 50.4 Å². The molecule has 14 heavy (non-hydrogen) atoms. The van der Waals surface area contributed by atoms with Crippen molar-refractivity contribution in [3.8, 4) is 0 Å². The normalized spacial score (nSPS) is 21.5. The third-order valence-corrected chi connectivity index (χ3v) is 2.13. The van der Waals surface area contributed by atoms with Gasteiger partial charge >= 0.3 is 0 Å². The molecule has 0 aromatic heterocycles. The van der Waals surface area contributed by atoms with Gasteiger partial charge in [0.15, 0.2) is 0 Å². The van der Waals surface area contributed by atoms with Crippen LogP contribution < -0.4 is 10.6 Å². The van der Waals surface area contributed by atoms with E-state index in [1.807, 2.05) is 13.8 Å². The molecule has 1 amide bonds. The summed E-state index contributed by atoms with van der Waals surface area (Å²) in [6.45, 7) is 5.95. The Bertz CT molecular complexity index is 177. The molecule has 1 atom stereocenters. The van der Waals surface area contributed by atoms with Crippen LogP contribution in [0.2, 0.25) is 0 Å². The molecule has 0 aliphatic carbocycles. The number of hydrogen-bond donors (Lipinski definition) is 2. The van der Waals surface area contributed by atoms with E-state index < -0.39 is 0 Å². The zero-order valence-electron chi connectivity index (χ0n) is 9.01. The van der Waals surface area contributed by atoms with E-state index in [-0.39, 0.29) is 11.9 Å². The molecule has 1 heterocycles. The first-order valence-corrected chi connectivity index (χ1v) is 5.30. The lowest BCUT2D eigenvalue weighted by molar-refractivity contribution is -0.120. The van der Waals surface area contributed by atoms with E-state index in [1.54, 1.807) is 0 Å². The number of carbonyl (C=O) groups is 1. The molecule has 0 bridgehead atoms. The van der Waals surface area contributed by atoms with Crippen LogP contribution in [-0.2, 0) is 9.53 Å². The van der Waals surface area contributed by atoms with Crippen LogP contribution in [0.4, 0.5) is 0 Å². The standard InChI is InChI=1S/C10H20N2O2/c1-8(2)12-10(13)7-11-6-9-4-3-5-14-9/h8-9,11H,3-7H2,1-2H3,(H,12,13). The molecule has 2 N–H and O–H groups in total. The second-order valence-corrected chi connectivity index (χ2v) is 3.99. The fraction of sp³-hybridized carbons (Fsp3) is 0.900. The van der Waals surface area contributed by atoms with Crippen LogP contribution in [0.3, 0.4) is 0 Å². The van der Waals surface area contributed by atoms with Gasteiger partial charge in [-0.05, 0) is 26.7 Å². The Morgan fingerprint density at radius 3 is 2.93 bits per heavy atom. The summed E-state index contributed by atoms with van der Waals surface area (Å²) >= 11 is 0. The maximum Gasteiger partial charge on any atom is 0.234 e. The van der Waals surface area contributed by atoms with Gasteiger partial charge in [-0.15, -0.1) is 0 Å². The number of carbonyl (C=O) groups excluding carboxylic acids is 1. The Balaban J connectivity index is 1.99. The molecular weight excluding hydrogens is 180 g/mol. The molecular formula is C10H20N2O2. The van der Waals surface area contributed by atoms with Gasteiger partial charge in [0, 0.05) is 19.2 Å². The summed E-state index contributed by atoms with van der Waals surface area (Å²) in [5, 5.41) is 5.92. The minimum absolute atomic E-state index is 0.0537. The van der Waals surface area contributed by atoms with E-state index in [4.69, 9.17) is 4.74 Å². The summed E-state index contributed by atoms with van der Waals surface area (Å²) in [4.78, 5) is 11.2. The van der Waals surface area contributed by atoms with Crippen molar-refractivity contribution >= 4 is 5.91 Å². The van der Waals surface area contributed by atoms with Gasteiger partial charge in [0.05, 0.1) is 12.6 Å². The molecule has 4 heteroatoms. The minimum atomic E-state index is 0.0537. The molecule has 82 valence electrons. The predicted octanol–water partition coefficient (Wildman–Crippen LogP) is 0.280. The molecule has 1 fully saturated rings. The number of hydrogen-bond acceptors (Lipinski definition) is 3. The van der Waals surface area contributed by atoms with Crippen molar-refractivity contribution in [1.29, 1.82) is 0 Å². The van der Waals surface area contributed by atoms with Crippen LogP contribution in [-0.4, -0.2) is 37.7 Å². The van der Waals surface area contributed by atoms with Crippen LogP contribution in [0.25, 0.3) is 0 Å². The van der Waals surface area contributed by atoms with Gasteiger partial charge in [-0.2, -0.15) is 0 Å². The van der Waals surface area contributed by atoms with Crippen LogP contribution in [0, 0.1) is 0 Å². The molecule has 1 aliphatic heterocycles. The molecule has 0 saturated carbocycles. The van der Waals surface area contributed by atoms with Crippen molar-refractivity contribution < 1.29 is 9.53 Å². The first-order valence-electron chi connectivity index (χ1n) is 5.30. The SMILES string of the molecule is CC(C)NC(=O)CNCC1CCCO1. The van der Waals surface area contributed by atoms with Crippen molar-refractivity contribution in [2.24, 2.45) is 0 Å². The van der Waals surface area contributed by atoms with Crippen molar-refractivity contribution in [2.45, 2.75) is 38.8 Å². The van der Waals surface area contributed by atoms with Crippen LogP contribution >= 0.6 is 0 Å². The predicted molar refractivity (Wildman–Crippen MR) is 55.1 cm³/mol. The van der Waals surface area contributed by atoms with E-state index >= 15 is 0 Å². The summed E-state index contributed by atoms with van der Waals surface area (Å²) in [5.74, 6) is 0.0537. The van der Waals surface area contributed by atoms with Gasteiger partial charge in [-0.1, -0.05) is 0 Å². The van der Waals surface area contributed by atoms with E-state index in [1.165, 1.54) is 0 Å². The third-order valence-electron chi connectivity index (χ3n) is 2.13. The molecule has 1 saturated heterocycles. The van der Waals surface area contributed by atoms with Crippen molar-refractivity contribution in [1.82, 2.24) is 10.6 Å². The Hall–Kier alpha value is -0.610. The number of ether oxygens (including phenoxy) is 1. The van der Waals surface area contributed by atoms with E-state index in [0.717, 1.165) is 26.0 Å². The number of nitrogens with one attached hydrogen (secondary N) is 2. The lowest BCUT2D eigenvalue weighted by Crippen LogP contribution is -2.39. The maximum absolute atomic E-state index is 11.2. The fourth-order valence-electron chi connectivity index (χ4n) is 1.53. The Morgan fingerprint density at radius 2 is 2.36 bits per heavy atom. The minimum Gasteiger partial charge on any atom is -0.377 e. The summed E-state index contributed by atoms with van der Waals surface area (Å²) in [6, 6.07) is 0.215. The maximum atomic E-state index is 11.2. The van der Waals surface area contributed by atoms with Crippen LogP contribution in [0.15, 0.2) is 0 Å². The average molecular weight is 200 g/mol.